The molecule has 9 heteroatoms. The first-order chi connectivity index (χ1) is 17.6. The van der Waals surface area contributed by atoms with Crippen molar-refractivity contribution in [3.63, 3.8) is 0 Å². The van der Waals surface area contributed by atoms with Crippen LogP contribution >= 0.6 is 0 Å². The number of rotatable bonds is 8. The van der Waals surface area contributed by atoms with E-state index >= 15 is 0 Å². The van der Waals surface area contributed by atoms with E-state index in [1.54, 1.807) is 12.1 Å². The summed E-state index contributed by atoms with van der Waals surface area (Å²) < 4.78 is 41.7. The Morgan fingerprint density at radius 2 is 1.84 bits per heavy atom. The van der Waals surface area contributed by atoms with E-state index in [0.29, 0.717) is 32.0 Å². The average molecular weight is 516 g/mol. The number of carbonyl (C=O) groups is 2. The summed E-state index contributed by atoms with van der Waals surface area (Å²) in [7, 11) is 0. The van der Waals surface area contributed by atoms with E-state index in [1.807, 2.05) is 30.3 Å². The van der Waals surface area contributed by atoms with Crippen molar-refractivity contribution in [1.82, 2.24) is 15.5 Å². The minimum atomic E-state index is -4.74. The van der Waals surface area contributed by atoms with Gasteiger partial charge in [0.15, 0.2) is 0 Å². The molecule has 37 heavy (non-hydrogen) atoms. The molecule has 4 fully saturated rings. The predicted molar refractivity (Wildman–Crippen MR) is 131 cm³/mol. The van der Waals surface area contributed by atoms with Gasteiger partial charge in [0, 0.05) is 37.5 Å². The zero-order valence-corrected chi connectivity index (χ0v) is 20.9. The third-order valence-electron chi connectivity index (χ3n) is 8.04. The molecule has 0 radical (unpaired) electrons. The highest BCUT2D eigenvalue weighted by atomic mass is 19.4. The highest BCUT2D eigenvalue weighted by molar-refractivity contribution is 5.97. The number of nitrogens with one attached hydrogen (secondary N) is 2. The lowest BCUT2D eigenvalue weighted by molar-refractivity contribution is -0.274. The van der Waals surface area contributed by atoms with Crippen molar-refractivity contribution >= 4 is 11.8 Å². The van der Waals surface area contributed by atoms with Crippen molar-refractivity contribution < 1.29 is 27.5 Å². The normalized spacial score (nSPS) is 28.9. The zero-order chi connectivity index (χ0) is 26.4. The second kappa shape index (κ2) is 9.67. The molecule has 2 aromatic rings. The Morgan fingerprint density at radius 3 is 2.49 bits per heavy atom. The van der Waals surface area contributed by atoms with Crippen LogP contribution in [0.3, 0.4) is 0 Å². The quantitative estimate of drug-likeness (QED) is 0.552. The number of amides is 2. The number of hydrogen-bond acceptors (Lipinski definition) is 4. The molecule has 3 heterocycles. The minimum Gasteiger partial charge on any atom is -0.406 e. The molecule has 6 rings (SSSR count). The molecule has 1 saturated carbocycles. The van der Waals surface area contributed by atoms with Gasteiger partial charge < -0.3 is 15.4 Å². The van der Waals surface area contributed by atoms with Gasteiger partial charge in [-0.3, -0.25) is 14.5 Å². The van der Waals surface area contributed by atoms with Crippen LogP contribution in [0.1, 0.15) is 37.8 Å². The minimum absolute atomic E-state index is 0.0165. The Kier molecular flexibility index (Phi) is 6.68. The maximum Gasteiger partial charge on any atom is 0.573 e. The van der Waals surface area contributed by atoms with Gasteiger partial charge in [0.25, 0.3) is 0 Å². The Labute approximate surface area is 214 Å². The van der Waals surface area contributed by atoms with Crippen LogP contribution in [-0.4, -0.2) is 41.2 Å². The molecule has 0 spiro atoms. The lowest BCUT2D eigenvalue weighted by atomic mass is 9.57. The fraction of sp³-hybridized carbons (Fsp3) is 0.500. The molecule has 5 atom stereocenters. The van der Waals surface area contributed by atoms with Crippen molar-refractivity contribution in [2.75, 3.05) is 6.54 Å². The van der Waals surface area contributed by atoms with Gasteiger partial charge in [-0.15, -0.1) is 13.2 Å². The molecule has 2 aromatic carbocycles. The summed E-state index contributed by atoms with van der Waals surface area (Å²) >= 11 is 0. The van der Waals surface area contributed by atoms with E-state index in [1.165, 1.54) is 12.1 Å². The first-order valence-corrected chi connectivity index (χ1v) is 12.8. The standard InChI is InChI=1S/C28H32F3N3O3/c1-17(2)12-22-23-13-20-16-34(15-19-8-10-21(11-9-19)37-28(29,30)31)24(22)27(20,33-25(23)35)26(36)32-14-18-6-4-3-5-7-18/h3-11,17,20,22-24H,12-16H2,1-2H3,(H,32,36)(H,33,35). The summed E-state index contributed by atoms with van der Waals surface area (Å²) in [5, 5.41) is 6.23. The van der Waals surface area contributed by atoms with Gasteiger partial charge in [0.2, 0.25) is 11.8 Å². The Balaban J connectivity index is 1.42. The number of ether oxygens (including phenoxy) is 1. The third kappa shape index (κ3) is 4.93. The van der Waals surface area contributed by atoms with Gasteiger partial charge in [-0.25, -0.2) is 0 Å². The zero-order valence-electron chi connectivity index (χ0n) is 20.9. The molecule has 1 aliphatic carbocycles. The fourth-order valence-electron chi connectivity index (χ4n) is 6.75. The maximum atomic E-state index is 13.9. The van der Waals surface area contributed by atoms with E-state index in [4.69, 9.17) is 0 Å². The first kappa shape index (κ1) is 25.6. The van der Waals surface area contributed by atoms with Crippen molar-refractivity contribution in [1.29, 1.82) is 0 Å². The summed E-state index contributed by atoms with van der Waals surface area (Å²) in [4.78, 5) is 29.3. The van der Waals surface area contributed by atoms with Gasteiger partial charge in [-0.2, -0.15) is 0 Å². The Hall–Kier alpha value is -3.07. The highest BCUT2D eigenvalue weighted by Crippen LogP contribution is 2.54. The number of nitrogens with zero attached hydrogens (tertiary/aromatic N) is 1. The van der Waals surface area contributed by atoms with Gasteiger partial charge in [0.1, 0.15) is 11.3 Å². The molecule has 2 N–H and O–H groups in total. The van der Waals surface area contributed by atoms with Gasteiger partial charge in [-0.05, 0) is 47.9 Å². The van der Waals surface area contributed by atoms with E-state index in [-0.39, 0.29) is 41.4 Å². The van der Waals surface area contributed by atoms with Crippen LogP contribution in [0.25, 0.3) is 0 Å². The lowest BCUT2D eigenvalue weighted by Gasteiger charge is -2.55. The largest absolute Gasteiger partial charge is 0.573 e. The number of likely N-dealkylation sites (tertiary alicyclic amines) is 1. The van der Waals surface area contributed by atoms with Crippen LogP contribution in [0.15, 0.2) is 54.6 Å². The van der Waals surface area contributed by atoms with Crippen LogP contribution in [-0.2, 0) is 22.7 Å². The van der Waals surface area contributed by atoms with Crippen molar-refractivity contribution in [2.45, 2.75) is 57.7 Å². The summed E-state index contributed by atoms with van der Waals surface area (Å²) in [6.07, 6.45) is -3.26. The number of carbonyl (C=O) groups excluding carboxylic acids is 2. The van der Waals surface area contributed by atoms with Crippen LogP contribution in [0.4, 0.5) is 13.2 Å². The molecule has 0 aromatic heterocycles. The fourth-order valence-corrected chi connectivity index (χ4v) is 6.75. The average Bonchev–Trinajstić information content (AvgIpc) is 3.06. The monoisotopic (exact) mass is 515 g/mol. The molecule has 3 aliphatic heterocycles. The van der Waals surface area contributed by atoms with Crippen molar-refractivity contribution in [3.8, 4) is 5.75 Å². The van der Waals surface area contributed by atoms with Crippen LogP contribution in [0, 0.1) is 23.7 Å². The third-order valence-corrected chi connectivity index (χ3v) is 8.04. The molecule has 4 aliphatic rings. The first-order valence-electron chi connectivity index (χ1n) is 12.8. The molecule has 198 valence electrons. The second-order valence-electron chi connectivity index (χ2n) is 10.9. The maximum absolute atomic E-state index is 13.9. The summed E-state index contributed by atoms with van der Waals surface area (Å²) in [5.41, 5.74) is 0.777. The van der Waals surface area contributed by atoms with Crippen LogP contribution in [0.2, 0.25) is 0 Å². The predicted octanol–water partition coefficient (Wildman–Crippen LogP) is 4.25. The van der Waals surface area contributed by atoms with E-state index < -0.39 is 11.9 Å². The molecule has 6 nitrogen and oxygen atoms in total. The Morgan fingerprint density at radius 1 is 1.14 bits per heavy atom. The molecular formula is C28H32F3N3O3. The highest BCUT2D eigenvalue weighted by Gasteiger charge is 2.70. The Bertz CT molecular complexity index is 1140. The number of piperidine rings is 2. The van der Waals surface area contributed by atoms with Crippen molar-refractivity contribution in [3.05, 3.63) is 65.7 Å². The molecule has 5 unspecified atom stereocenters. The van der Waals surface area contributed by atoms with Gasteiger partial charge in [-0.1, -0.05) is 56.3 Å². The number of fused-ring (bicyclic) bond motifs is 1. The number of benzene rings is 2. The molecule has 4 bridgehead atoms. The molecule has 2 amide bonds. The van der Waals surface area contributed by atoms with Crippen molar-refractivity contribution in [2.24, 2.45) is 23.7 Å². The molecular weight excluding hydrogens is 483 g/mol. The number of alkyl halides is 3. The van der Waals surface area contributed by atoms with E-state index in [9.17, 15) is 22.8 Å². The van der Waals surface area contributed by atoms with Gasteiger partial charge in [0.05, 0.1) is 0 Å². The second-order valence-corrected chi connectivity index (χ2v) is 10.9. The SMILES string of the molecule is CC(C)CC1C2CC3CN(Cc4ccc(OC(F)(F)F)cc4)C1C3(C(=O)NCc1ccccc1)NC2=O. The van der Waals surface area contributed by atoms with E-state index in [0.717, 1.165) is 17.5 Å². The van der Waals surface area contributed by atoms with Gasteiger partial charge >= 0.3 is 6.36 Å². The number of hydrogen-bond donors (Lipinski definition) is 2. The van der Waals surface area contributed by atoms with Crippen LogP contribution < -0.4 is 15.4 Å². The lowest BCUT2D eigenvalue weighted by Crippen LogP contribution is -2.77. The molecule has 3 saturated heterocycles. The number of halogens is 3. The smallest absolute Gasteiger partial charge is 0.406 e. The van der Waals surface area contributed by atoms with Crippen LogP contribution in [0.5, 0.6) is 5.75 Å². The van der Waals surface area contributed by atoms with E-state index in [2.05, 4.69) is 34.1 Å². The summed E-state index contributed by atoms with van der Waals surface area (Å²) in [6.45, 7) is 5.72. The topological polar surface area (TPSA) is 70.7 Å². The summed E-state index contributed by atoms with van der Waals surface area (Å²) in [6, 6.07) is 15.3. The summed E-state index contributed by atoms with van der Waals surface area (Å²) in [5.74, 6) is -0.297.